The molecule has 0 saturated heterocycles. The first-order valence-electron chi connectivity index (χ1n) is 9.37. The Morgan fingerprint density at radius 1 is 0.800 bits per heavy atom. The number of phenolic OH excluding ortho intramolecular Hbond substituents is 1. The summed E-state index contributed by atoms with van der Waals surface area (Å²) in [6, 6.07) is 23.3. The summed E-state index contributed by atoms with van der Waals surface area (Å²) in [7, 11) is 0. The number of amides is 2. The summed E-state index contributed by atoms with van der Waals surface area (Å²) in [4.78, 5) is 25.6. The summed E-state index contributed by atoms with van der Waals surface area (Å²) >= 11 is 5.96. The molecule has 3 N–H and O–H groups in total. The lowest BCUT2D eigenvalue weighted by Crippen LogP contribution is -2.34. The Hall–Kier alpha value is -3.57. The van der Waals surface area contributed by atoms with Crippen molar-refractivity contribution in [3.05, 3.63) is 106 Å². The molecular weight excluding hydrogens is 400 g/mol. The molecular formula is C24H21ClN2O3. The molecule has 0 atom stereocenters. The Labute approximate surface area is 180 Å². The minimum Gasteiger partial charge on any atom is -0.506 e. The van der Waals surface area contributed by atoms with Crippen molar-refractivity contribution >= 4 is 29.5 Å². The van der Waals surface area contributed by atoms with Crippen molar-refractivity contribution in [1.82, 2.24) is 10.6 Å². The quantitative estimate of drug-likeness (QED) is 0.306. The second-order valence-electron chi connectivity index (χ2n) is 6.61. The summed E-state index contributed by atoms with van der Waals surface area (Å²) in [5, 5.41) is 15.3. The number of nitrogens with one attached hydrogen (secondary N) is 2. The highest BCUT2D eigenvalue weighted by Crippen LogP contribution is 2.24. The minimum atomic E-state index is -0.506. The van der Waals surface area contributed by atoms with E-state index < -0.39 is 11.8 Å². The fourth-order valence-electron chi connectivity index (χ4n) is 2.76. The van der Waals surface area contributed by atoms with Crippen LogP contribution < -0.4 is 10.6 Å². The Morgan fingerprint density at radius 3 is 1.77 bits per heavy atom. The van der Waals surface area contributed by atoms with Crippen LogP contribution in [0.4, 0.5) is 0 Å². The molecule has 2 amide bonds. The Balaban J connectivity index is 1.79. The lowest BCUT2D eigenvalue weighted by molar-refractivity contribution is -0.123. The molecule has 0 fully saturated rings. The van der Waals surface area contributed by atoms with Gasteiger partial charge in [0.2, 0.25) is 0 Å². The van der Waals surface area contributed by atoms with Gasteiger partial charge in [-0.25, -0.2) is 0 Å². The van der Waals surface area contributed by atoms with Gasteiger partial charge in [0.25, 0.3) is 11.8 Å². The third-order valence-corrected chi connectivity index (χ3v) is 4.67. The van der Waals surface area contributed by atoms with Gasteiger partial charge in [0.1, 0.15) is 11.3 Å². The number of hydrogen-bond acceptors (Lipinski definition) is 3. The van der Waals surface area contributed by atoms with Crippen molar-refractivity contribution < 1.29 is 14.7 Å². The molecule has 6 heteroatoms. The van der Waals surface area contributed by atoms with Crippen molar-refractivity contribution in [3.63, 3.8) is 0 Å². The van der Waals surface area contributed by atoms with Gasteiger partial charge < -0.3 is 15.7 Å². The van der Waals surface area contributed by atoms with Crippen LogP contribution in [0.5, 0.6) is 5.75 Å². The normalized spacial score (nSPS) is 10.2. The summed E-state index contributed by atoms with van der Waals surface area (Å²) in [6.45, 7) is 0.582. The van der Waals surface area contributed by atoms with Gasteiger partial charge in [-0.3, -0.25) is 9.59 Å². The molecule has 0 spiro atoms. The van der Waals surface area contributed by atoms with Gasteiger partial charge in [-0.1, -0.05) is 78.3 Å². The van der Waals surface area contributed by atoms with Gasteiger partial charge >= 0.3 is 0 Å². The van der Waals surface area contributed by atoms with Crippen molar-refractivity contribution in [2.75, 3.05) is 0 Å². The Kier molecular flexibility index (Phi) is 7.24. The van der Waals surface area contributed by atoms with E-state index in [1.165, 1.54) is 18.2 Å². The average molecular weight is 421 g/mol. The van der Waals surface area contributed by atoms with Crippen LogP contribution >= 0.6 is 11.6 Å². The van der Waals surface area contributed by atoms with E-state index in [1.54, 1.807) is 6.07 Å². The van der Waals surface area contributed by atoms with E-state index in [0.29, 0.717) is 18.7 Å². The Morgan fingerprint density at radius 2 is 1.30 bits per heavy atom. The van der Waals surface area contributed by atoms with Crippen LogP contribution in [0.3, 0.4) is 0 Å². The zero-order chi connectivity index (χ0) is 21.3. The molecule has 0 radical (unpaired) electrons. The number of aromatic hydroxyl groups is 1. The zero-order valence-electron chi connectivity index (χ0n) is 16.1. The highest BCUT2D eigenvalue weighted by Gasteiger charge is 2.18. The number of benzene rings is 3. The van der Waals surface area contributed by atoms with Crippen LogP contribution in [-0.2, 0) is 22.7 Å². The van der Waals surface area contributed by atoms with Crippen LogP contribution in [0.25, 0.3) is 6.08 Å². The highest BCUT2D eigenvalue weighted by molar-refractivity contribution is 6.32. The summed E-state index contributed by atoms with van der Waals surface area (Å²) in [6.07, 6.45) is 1.45. The fourth-order valence-corrected chi connectivity index (χ4v) is 2.95. The SMILES string of the molecule is O=C(NCc1ccccc1)C(=Cc1ccc(O)c(Cl)c1)C(=O)NCc1ccccc1. The predicted molar refractivity (Wildman–Crippen MR) is 118 cm³/mol. The molecule has 3 aromatic rings. The molecule has 0 heterocycles. The number of rotatable bonds is 7. The van der Waals surface area contributed by atoms with Crippen LogP contribution in [0.1, 0.15) is 16.7 Å². The number of hydrogen-bond donors (Lipinski definition) is 3. The Bertz CT molecular complexity index is 993. The second kappa shape index (κ2) is 10.3. The number of halogens is 1. The van der Waals surface area contributed by atoms with E-state index in [9.17, 15) is 14.7 Å². The maximum atomic E-state index is 12.8. The molecule has 3 rings (SSSR count). The second-order valence-corrected chi connectivity index (χ2v) is 7.01. The van der Waals surface area contributed by atoms with Gasteiger partial charge in [-0.15, -0.1) is 0 Å². The van der Waals surface area contributed by atoms with Crippen molar-refractivity contribution in [2.45, 2.75) is 13.1 Å². The van der Waals surface area contributed by atoms with Crippen molar-refractivity contribution in [3.8, 4) is 5.75 Å². The van der Waals surface area contributed by atoms with Crippen LogP contribution in [-0.4, -0.2) is 16.9 Å². The first kappa shape index (κ1) is 21.1. The first-order valence-corrected chi connectivity index (χ1v) is 9.75. The number of phenols is 1. The molecule has 0 aliphatic rings. The third kappa shape index (κ3) is 5.96. The molecule has 3 aromatic carbocycles. The molecule has 0 aromatic heterocycles. The fraction of sp³-hybridized carbons (Fsp3) is 0.0833. The van der Waals surface area contributed by atoms with Gasteiger partial charge in [-0.05, 0) is 34.9 Å². The standard InChI is InChI=1S/C24H21ClN2O3/c25-21-14-19(11-12-22(21)28)13-20(23(29)26-15-17-7-3-1-4-8-17)24(30)27-16-18-9-5-2-6-10-18/h1-14,28H,15-16H2,(H,26,29)(H,27,30). The summed E-state index contributed by atoms with van der Waals surface area (Å²) < 4.78 is 0. The zero-order valence-corrected chi connectivity index (χ0v) is 16.9. The maximum absolute atomic E-state index is 12.8. The van der Waals surface area contributed by atoms with E-state index in [4.69, 9.17) is 11.6 Å². The monoisotopic (exact) mass is 420 g/mol. The van der Waals surface area contributed by atoms with E-state index >= 15 is 0 Å². The van der Waals surface area contributed by atoms with E-state index in [-0.39, 0.29) is 16.3 Å². The van der Waals surface area contributed by atoms with Crippen LogP contribution in [0.15, 0.2) is 84.4 Å². The molecule has 0 unspecified atom stereocenters. The molecule has 30 heavy (non-hydrogen) atoms. The topological polar surface area (TPSA) is 78.4 Å². The van der Waals surface area contributed by atoms with Crippen molar-refractivity contribution in [2.24, 2.45) is 0 Å². The van der Waals surface area contributed by atoms with Crippen LogP contribution in [0.2, 0.25) is 5.02 Å². The summed E-state index contributed by atoms with van der Waals surface area (Å²) in [5.41, 5.74) is 2.31. The van der Waals surface area contributed by atoms with E-state index in [2.05, 4.69) is 10.6 Å². The molecule has 0 aliphatic carbocycles. The number of carbonyl (C=O) groups excluding carboxylic acids is 2. The molecule has 0 aliphatic heterocycles. The summed E-state index contributed by atoms with van der Waals surface area (Å²) in [5.74, 6) is -1.08. The minimum absolute atomic E-state index is 0.0522. The highest BCUT2D eigenvalue weighted by atomic mass is 35.5. The molecule has 5 nitrogen and oxygen atoms in total. The molecule has 152 valence electrons. The smallest absolute Gasteiger partial charge is 0.257 e. The average Bonchev–Trinajstić information content (AvgIpc) is 2.78. The van der Waals surface area contributed by atoms with Gasteiger partial charge in [-0.2, -0.15) is 0 Å². The third-order valence-electron chi connectivity index (χ3n) is 4.36. The van der Waals surface area contributed by atoms with Gasteiger partial charge in [0.15, 0.2) is 0 Å². The van der Waals surface area contributed by atoms with Crippen molar-refractivity contribution in [1.29, 1.82) is 0 Å². The maximum Gasteiger partial charge on any atom is 0.257 e. The van der Waals surface area contributed by atoms with Crippen LogP contribution in [0, 0.1) is 0 Å². The van der Waals surface area contributed by atoms with Gasteiger partial charge in [0, 0.05) is 13.1 Å². The number of carbonyl (C=O) groups is 2. The molecule has 0 bridgehead atoms. The predicted octanol–water partition coefficient (Wildman–Crippen LogP) is 4.06. The van der Waals surface area contributed by atoms with E-state index in [0.717, 1.165) is 11.1 Å². The lowest BCUT2D eigenvalue weighted by atomic mass is 10.1. The van der Waals surface area contributed by atoms with E-state index in [1.807, 2.05) is 60.7 Å². The van der Waals surface area contributed by atoms with Gasteiger partial charge in [0.05, 0.1) is 5.02 Å². The first-order chi connectivity index (χ1) is 14.5. The lowest BCUT2D eigenvalue weighted by Gasteiger charge is -2.11. The molecule has 0 saturated carbocycles. The largest absolute Gasteiger partial charge is 0.506 e.